The van der Waals surface area contributed by atoms with Crippen molar-refractivity contribution in [1.82, 2.24) is 5.32 Å². The Hall–Kier alpha value is -1.47. The van der Waals surface area contributed by atoms with Gasteiger partial charge in [0.15, 0.2) is 0 Å². The van der Waals surface area contributed by atoms with Gasteiger partial charge in [-0.2, -0.15) is 0 Å². The number of amides is 1. The highest BCUT2D eigenvalue weighted by atomic mass is 79.9. The van der Waals surface area contributed by atoms with Crippen molar-refractivity contribution < 1.29 is 9.72 Å². The number of nitro benzene ring substituents is 1. The van der Waals surface area contributed by atoms with Crippen LogP contribution in [0.15, 0.2) is 22.7 Å². The molecule has 0 radical (unpaired) electrons. The average Bonchev–Trinajstić information content (AvgIpc) is 2.44. The lowest BCUT2D eigenvalue weighted by atomic mass is 9.94. The van der Waals surface area contributed by atoms with Crippen LogP contribution in [0.2, 0.25) is 0 Å². The highest BCUT2D eigenvalue weighted by Gasteiger charge is 2.22. The first-order valence-corrected chi connectivity index (χ1v) is 7.13. The number of benzene rings is 1. The Morgan fingerprint density at radius 3 is 2.50 bits per heavy atom. The fourth-order valence-electron chi connectivity index (χ4n) is 1.65. The van der Waals surface area contributed by atoms with Gasteiger partial charge in [0, 0.05) is 28.7 Å². The number of non-ortho nitro benzene ring substituents is 1. The maximum Gasteiger partial charge on any atom is 0.270 e. The molecule has 0 aliphatic heterocycles. The molecule has 1 amide bonds. The number of nitrogens with two attached hydrogens (primary N) is 1. The van der Waals surface area contributed by atoms with Gasteiger partial charge < -0.3 is 11.1 Å². The van der Waals surface area contributed by atoms with Crippen LogP contribution >= 0.6 is 15.9 Å². The summed E-state index contributed by atoms with van der Waals surface area (Å²) in [6, 6.07) is 4.03. The number of hydrogen-bond donors (Lipinski definition) is 2. The summed E-state index contributed by atoms with van der Waals surface area (Å²) in [5, 5.41) is 13.4. The highest BCUT2D eigenvalue weighted by molar-refractivity contribution is 9.10. The minimum atomic E-state index is -0.508. The number of halogens is 1. The summed E-state index contributed by atoms with van der Waals surface area (Å²) in [6.45, 7) is 4.30. The molecule has 0 spiro atoms. The molecule has 0 aliphatic carbocycles. The SMILES string of the molecule is CCC(N)(CC)CNC(=O)c1ccc([N+](=O)[O-])cc1Br. The number of hydrogen-bond acceptors (Lipinski definition) is 4. The molecule has 0 atom stereocenters. The molecular weight excluding hydrogens is 326 g/mol. The average molecular weight is 344 g/mol. The maximum atomic E-state index is 12.1. The molecule has 20 heavy (non-hydrogen) atoms. The van der Waals surface area contributed by atoms with E-state index in [1.807, 2.05) is 13.8 Å². The van der Waals surface area contributed by atoms with Gasteiger partial charge in [-0.25, -0.2) is 0 Å². The second kappa shape index (κ2) is 6.81. The highest BCUT2D eigenvalue weighted by Crippen LogP contribution is 2.23. The molecule has 1 rings (SSSR count). The molecular formula is C13H18BrN3O3. The number of rotatable bonds is 6. The van der Waals surface area contributed by atoms with Crippen molar-refractivity contribution in [2.75, 3.05) is 6.54 Å². The lowest BCUT2D eigenvalue weighted by Crippen LogP contribution is -2.49. The van der Waals surface area contributed by atoms with Crippen molar-refractivity contribution >= 4 is 27.5 Å². The van der Waals surface area contributed by atoms with Gasteiger partial charge in [0.25, 0.3) is 11.6 Å². The van der Waals surface area contributed by atoms with Gasteiger partial charge in [0.05, 0.1) is 10.5 Å². The fourth-order valence-corrected chi connectivity index (χ4v) is 2.20. The molecule has 110 valence electrons. The normalized spacial score (nSPS) is 11.2. The topological polar surface area (TPSA) is 98.3 Å². The minimum absolute atomic E-state index is 0.0660. The summed E-state index contributed by atoms with van der Waals surface area (Å²) >= 11 is 3.17. The standard InChI is InChI=1S/C13H18BrN3O3/c1-3-13(15,4-2)8-16-12(18)10-6-5-9(17(19)20)7-11(10)14/h5-7H,3-4,8,15H2,1-2H3,(H,16,18). The largest absolute Gasteiger partial charge is 0.350 e. The zero-order chi connectivity index (χ0) is 15.3. The van der Waals surface area contributed by atoms with Crippen molar-refractivity contribution in [2.24, 2.45) is 5.73 Å². The van der Waals surface area contributed by atoms with E-state index in [2.05, 4.69) is 21.2 Å². The second-order valence-corrected chi connectivity index (χ2v) is 5.53. The van der Waals surface area contributed by atoms with Crippen molar-refractivity contribution in [2.45, 2.75) is 32.2 Å². The summed E-state index contributed by atoms with van der Waals surface area (Å²) in [6.07, 6.45) is 1.51. The monoisotopic (exact) mass is 343 g/mol. The van der Waals surface area contributed by atoms with Crippen LogP contribution in [0, 0.1) is 10.1 Å². The van der Waals surface area contributed by atoms with E-state index < -0.39 is 10.5 Å². The van der Waals surface area contributed by atoms with Crippen molar-refractivity contribution in [3.63, 3.8) is 0 Å². The first-order chi connectivity index (χ1) is 9.33. The molecule has 7 heteroatoms. The summed E-state index contributed by atoms with van der Waals surface area (Å²) in [5.74, 6) is -0.302. The molecule has 1 aromatic carbocycles. The van der Waals surface area contributed by atoms with Crippen LogP contribution in [0.3, 0.4) is 0 Å². The van der Waals surface area contributed by atoms with Crippen molar-refractivity contribution in [1.29, 1.82) is 0 Å². The fraction of sp³-hybridized carbons (Fsp3) is 0.462. The van der Waals surface area contributed by atoms with E-state index in [0.717, 1.165) is 12.8 Å². The lowest BCUT2D eigenvalue weighted by Gasteiger charge is -2.26. The van der Waals surface area contributed by atoms with Crippen LogP contribution in [-0.2, 0) is 0 Å². The number of nitrogens with one attached hydrogen (secondary N) is 1. The van der Waals surface area contributed by atoms with Gasteiger partial charge in [0.1, 0.15) is 0 Å². The van der Waals surface area contributed by atoms with Crippen LogP contribution < -0.4 is 11.1 Å². The van der Waals surface area contributed by atoms with E-state index in [1.54, 1.807) is 0 Å². The van der Waals surface area contributed by atoms with Crippen LogP contribution in [0.1, 0.15) is 37.0 Å². The third kappa shape index (κ3) is 4.01. The molecule has 1 aromatic rings. The van der Waals surface area contributed by atoms with E-state index in [4.69, 9.17) is 5.73 Å². The summed E-state index contributed by atoms with van der Waals surface area (Å²) in [5.41, 5.74) is 5.97. The van der Waals surface area contributed by atoms with Gasteiger partial charge in [-0.1, -0.05) is 13.8 Å². The van der Waals surface area contributed by atoms with Crippen LogP contribution in [0.4, 0.5) is 5.69 Å². The third-order valence-corrected chi connectivity index (χ3v) is 4.07. The van der Waals surface area contributed by atoms with Gasteiger partial charge in [-0.3, -0.25) is 14.9 Å². The Bertz CT molecular complexity index is 516. The van der Waals surface area contributed by atoms with E-state index in [0.29, 0.717) is 16.6 Å². The molecule has 0 saturated heterocycles. The number of nitro groups is 1. The van der Waals surface area contributed by atoms with E-state index >= 15 is 0 Å². The maximum absolute atomic E-state index is 12.1. The Labute approximate surface area is 126 Å². The van der Waals surface area contributed by atoms with E-state index in [1.165, 1.54) is 18.2 Å². The van der Waals surface area contributed by atoms with Gasteiger partial charge >= 0.3 is 0 Å². The van der Waals surface area contributed by atoms with Crippen molar-refractivity contribution in [3.05, 3.63) is 38.3 Å². The molecule has 0 aromatic heterocycles. The molecule has 0 fully saturated rings. The smallest absolute Gasteiger partial charge is 0.270 e. The van der Waals surface area contributed by atoms with Gasteiger partial charge in [0.2, 0.25) is 0 Å². The van der Waals surface area contributed by atoms with E-state index in [-0.39, 0.29) is 11.6 Å². The molecule has 0 bridgehead atoms. The summed E-state index contributed by atoms with van der Waals surface area (Å²) in [4.78, 5) is 22.2. The lowest BCUT2D eigenvalue weighted by molar-refractivity contribution is -0.384. The Morgan fingerprint density at radius 2 is 2.05 bits per heavy atom. The zero-order valence-corrected chi connectivity index (χ0v) is 13.1. The number of nitrogens with zero attached hydrogens (tertiary/aromatic N) is 1. The van der Waals surface area contributed by atoms with Crippen molar-refractivity contribution in [3.8, 4) is 0 Å². The quantitative estimate of drug-likeness (QED) is 0.612. The Kier molecular flexibility index (Phi) is 5.64. The molecule has 0 saturated carbocycles. The van der Waals surface area contributed by atoms with Crippen LogP contribution in [0.5, 0.6) is 0 Å². The van der Waals surface area contributed by atoms with Gasteiger partial charge in [-0.05, 0) is 34.8 Å². The predicted octanol–water partition coefficient (Wildman–Crippen LogP) is 2.60. The first-order valence-electron chi connectivity index (χ1n) is 6.34. The molecule has 0 unspecified atom stereocenters. The molecule has 0 heterocycles. The van der Waals surface area contributed by atoms with Crippen LogP contribution in [-0.4, -0.2) is 22.9 Å². The van der Waals surface area contributed by atoms with Gasteiger partial charge in [-0.15, -0.1) is 0 Å². The van der Waals surface area contributed by atoms with E-state index in [9.17, 15) is 14.9 Å². The van der Waals surface area contributed by atoms with Crippen LogP contribution in [0.25, 0.3) is 0 Å². The molecule has 0 aliphatic rings. The second-order valence-electron chi connectivity index (χ2n) is 4.67. The zero-order valence-electron chi connectivity index (χ0n) is 11.5. The summed E-state index contributed by atoms with van der Waals surface area (Å²) < 4.78 is 0.389. The minimum Gasteiger partial charge on any atom is -0.350 e. The predicted molar refractivity (Wildman–Crippen MR) is 80.6 cm³/mol. The first kappa shape index (κ1) is 16.6. The number of carbonyl (C=O) groups is 1. The summed E-state index contributed by atoms with van der Waals surface area (Å²) in [7, 11) is 0. The Balaban J connectivity index is 2.81. The third-order valence-electron chi connectivity index (χ3n) is 3.42. The molecule has 6 nitrogen and oxygen atoms in total. The number of carbonyl (C=O) groups excluding carboxylic acids is 1. The Morgan fingerprint density at radius 1 is 1.45 bits per heavy atom. The molecule has 3 N–H and O–H groups in total.